The van der Waals surface area contributed by atoms with E-state index in [2.05, 4.69) is 10.6 Å². The molecular weight excluding hydrogens is 575 g/mol. The smallest absolute Gasteiger partial charge is 0.335 e. The second-order valence-corrected chi connectivity index (χ2v) is 12.0. The quantitative estimate of drug-likeness (QED) is 0.187. The third-order valence-corrected chi connectivity index (χ3v) is 7.50. The van der Waals surface area contributed by atoms with E-state index in [1.54, 1.807) is 43.3 Å². The molecule has 0 radical (unpaired) electrons. The maximum absolute atomic E-state index is 14.9. The molecule has 3 aromatic rings. The van der Waals surface area contributed by atoms with Gasteiger partial charge in [0.05, 0.1) is 19.1 Å². The van der Waals surface area contributed by atoms with Crippen molar-refractivity contribution in [2.24, 2.45) is 11.3 Å². The van der Waals surface area contributed by atoms with Crippen molar-refractivity contribution < 1.29 is 33.0 Å². The van der Waals surface area contributed by atoms with E-state index in [4.69, 9.17) is 14.2 Å². The van der Waals surface area contributed by atoms with Crippen molar-refractivity contribution >= 4 is 17.8 Å². The highest BCUT2D eigenvalue weighted by Crippen LogP contribution is 2.27. The Morgan fingerprint density at radius 1 is 0.889 bits per heavy atom. The summed E-state index contributed by atoms with van der Waals surface area (Å²) in [5.41, 5.74) is 0.995. The molecule has 9 heteroatoms. The molecule has 0 aliphatic carbocycles. The molecule has 0 aliphatic rings. The molecule has 242 valence electrons. The first-order valence-electron chi connectivity index (χ1n) is 15.3. The van der Waals surface area contributed by atoms with Crippen LogP contribution in [0.25, 0.3) is 0 Å². The topological polar surface area (TPSA) is 103 Å². The second kappa shape index (κ2) is 16.7. The van der Waals surface area contributed by atoms with E-state index in [-0.39, 0.29) is 30.7 Å². The molecular formula is C36H45FN2O6. The van der Waals surface area contributed by atoms with Crippen LogP contribution in [0.4, 0.5) is 4.39 Å². The van der Waals surface area contributed by atoms with Gasteiger partial charge in [0.2, 0.25) is 11.8 Å². The summed E-state index contributed by atoms with van der Waals surface area (Å²) in [6.07, 6.45) is -0.0716. The zero-order valence-electron chi connectivity index (χ0n) is 27.0. The fourth-order valence-electron chi connectivity index (χ4n) is 5.03. The molecule has 0 aromatic heterocycles. The Labute approximate surface area is 265 Å². The van der Waals surface area contributed by atoms with Crippen LogP contribution in [0.2, 0.25) is 0 Å². The molecule has 0 aliphatic heterocycles. The van der Waals surface area contributed by atoms with Crippen molar-refractivity contribution in [2.45, 2.75) is 72.1 Å². The molecule has 45 heavy (non-hydrogen) atoms. The fraction of sp³-hybridized carbons (Fsp3) is 0.417. The zero-order chi connectivity index (χ0) is 33.0. The van der Waals surface area contributed by atoms with E-state index in [1.165, 1.54) is 13.2 Å². The number of benzene rings is 3. The Bertz CT molecular complexity index is 1390. The van der Waals surface area contributed by atoms with Gasteiger partial charge in [0.25, 0.3) is 0 Å². The van der Waals surface area contributed by atoms with Gasteiger partial charge in [-0.15, -0.1) is 0 Å². The van der Waals surface area contributed by atoms with Crippen molar-refractivity contribution in [3.8, 4) is 11.5 Å². The average Bonchev–Trinajstić information content (AvgIpc) is 3.02. The predicted molar refractivity (Wildman–Crippen MR) is 171 cm³/mol. The Morgan fingerprint density at radius 3 is 2.11 bits per heavy atom. The van der Waals surface area contributed by atoms with Crippen LogP contribution in [0.3, 0.4) is 0 Å². The van der Waals surface area contributed by atoms with Gasteiger partial charge in [0, 0.05) is 6.61 Å². The molecule has 0 heterocycles. The van der Waals surface area contributed by atoms with Crippen molar-refractivity contribution in [3.63, 3.8) is 0 Å². The summed E-state index contributed by atoms with van der Waals surface area (Å²) in [5.74, 6) is -2.34. The summed E-state index contributed by atoms with van der Waals surface area (Å²) in [7, 11) is 1.24. The molecule has 0 saturated carbocycles. The Kier molecular flexibility index (Phi) is 13.1. The lowest BCUT2D eigenvalue weighted by atomic mass is 9.84. The number of halogens is 1. The highest BCUT2D eigenvalue weighted by Gasteiger charge is 2.39. The van der Waals surface area contributed by atoms with Gasteiger partial charge < -0.3 is 24.8 Å². The number of carbonyl (C=O) groups is 3. The van der Waals surface area contributed by atoms with E-state index < -0.39 is 41.2 Å². The standard InChI is InChI=1S/C36H45FN2O6/c1-7-44-31(35(42)43-6)28(20-14-15-25-21-22-30(29(37)23-25)45-27-18-12-9-13-19-27)33(40)39-32(36(3,4)5)34(41)38-24(2)26-16-10-8-11-17-26/h8-13,16-19,21-24,28,31-32H,7,14-15,20H2,1-6H3,(H,38,41)(H,39,40)/t24-,28-,31-,32-/m1/s1. The number of ether oxygens (including phenoxy) is 3. The van der Waals surface area contributed by atoms with Gasteiger partial charge in [0.1, 0.15) is 11.8 Å². The zero-order valence-corrected chi connectivity index (χ0v) is 27.0. The number of methoxy groups -OCH3 is 1. The van der Waals surface area contributed by atoms with E-state index in [9.17, 15) is 18.8 Å². The fourth-order valence-corrected chi connectivity index (χ4v) is 5.03. The number of amides is 2. The largest absolute Gasteiger partial charge is 0.467 e. The Morgan fingerprint density at radius 2 is 1.53 bits per heavy atom. The molecule has 0 unspecified atom stereocenters. The van der Waals surface area contributed by atoms with Crippen LogP contribution >= 0.6 is 0 Å². The number of rotatable bonds is 15. The third-order valence-electron chi connectivity index (χ3n) is 7.50. The summed E-state index contributed by atoms with van der Waals surface area (Å²) in [6.45, 7) is 9.36. The molecule has 4 atom stereocenters. The number of para-hydroxylation sites is 1. The summed E-state index contributed by atoms with van der Waals surface area (Å²) >= 11 is 0. The summed E-state index contributed by atoms with van der Waals surface area (Å²) in [6, 6.07) is 22.0. The number of aryl methyl sites for hydroxylation is 1. The molecule has 2 N–H and O–H groups in total. The third kappa shape index (κ3) is 10.4. The summed E-state index contributed by atoms with van der Waals surface area (Å²) in [5, 5.41) is 5.91. The van der Waals surface area contributed by atoms with Crippen LogP contribution in [-0.4, -0.2) is 43.6 Å². The number of hydrogen-bond acceptors (Lipinski definition) is 6. The van der Waals surface area contributed by atoms with Crippen LogP contribution < -0.4 is 15.4 Å². The molecule has 8 nitrogen and oxygen atoms in total. The van der Waals surface area contributed by atoms with Crippen molar-refractivity contribution in [3.05, 3.63) is 95.8 Å². The van der Waals surface area contributed by atoms with Crippen LogP contribution in [0.15, 0.2) is 78.9 Å². The predicted octanol–water partition coefficient (Wildman–Crippen LogP) is 6.54. The highest BCUT2D eigenvalue weighted by atomic mass is 19.1. The normalized spacial score (nSPS) is 14.0. The van der Waals surface area contributed by atoms with Crippen LogP contribution in [0, 0.1) is 17.2 Å². The molecule has 0 bridgehead atoms. The Hall–Kier alpha value is -4.24. The second-order valence-electron chi connectivity index (χ2n) is 12.0. The SMILES string of the molecule is CCO[C@@H](C(=O)OC)[C@@H](CCCc1ccc(Oc2ccccc2)c(F)c1)C(=O)N[C@H](C(=O)N[C@H](C)c1ccccc1)C(C)(C)C. The van der Waals surface area contributed by atoms with E-state index in [1.807, 2.05) is 64.1 Å². The monoisotopic (exact) mass is 620 g/mol. The van der Waals surface area contributed by atoms with Gasteiger partial charge in [-0.3, -0.25) is 9.59 Å². The van der Waals surface area contributed by atoms with Crippen LogP contribution in [0.5, 0.6) is 11.5 Å². The van der Waals surface area contributed by atoms with Gasteiger partial charge in [-0.2, -0.15) is 0 Å². The van der Waals surface area contributed by atoms with Gasteiger partial charge in [-0.25, -0.2) is 9.18 Å². The highest BCUT2D eigenvalue weighted by molar-refractivity contribution is 5.92. The van der Waals surface area contributed by atoms with Crippen LogP contribution in [0.1, 0.15) is 64.6 Å². The number of esters is 1. The average molecular weight is 621 g/mol. The molecule has 0 spiro atoms. The number of hydrogen-bond donors (Lipinski definition) is 2. The molecule has 3 rings (SSSR count). The minimum absolute atomic E-state index is 0.109. The van der Waals surface area contributed by atoms with Gasteiger partial charge in [-0.1, -0.05) is 75.4 Å². The Balaban J connectivity index is 1.75. The first kappa shape index (κ1) is 35.2. The maximum atomic E-state index is 14.9. The summed E-state index contributed by atoms with van der Waals surface area (Å²) < 4.78 is 31.2. The van der Waals surface area contributed by atoms with Gasteiger partial charge in [0.15, 0.2) is 17.7 Å². The van der Waals surface area contributed by atoms with Crippen LogP contribution in [-0.2, 0) is 30.3 Å². The first-order valence-corrected chi connectivity index (χ1v) is 15.3. The van der Waals surface area contributed by atoms with E-state index >= 15 is 0 Å². The molecule has 3 aromatic carbocycles. The maximum Gasteiger partial charge on any atom is 0.335 e. The van der Waals surface area contributed by atoms with Gasteiger partial charge >= 0.3 is 5.97 Å². The summed E-state index contributed by atoms with van der Waals surface area (Å²) in [4.78, 5) is 40.1. The first-order chi connectivity index (χ1) is 21.4. The van der Waals surface area contributed by atoms with E-state index in [0.717, 1.165) is 5.56 Å². The van der Waals surface area contributed by atoms with Crippen molar-refractivity contribution in [1.82, 2.24) is 10.6 Å². The lowest BCUT2D eigenvalue weighted by Gasteiger charge is -2.33. The van der Waals surface area contributed by atoms with Crippen molar-refractivity contribution in [1.29, 1.82) is 0 Å². The lowest BCUT2D eigenvalue weighted by molar-refractivity contribution is -0.161. The minimum atomic E-state index is -1.18. The minimum Gasteiger partial charge on any atom is -0.467 e. The molecule has 0 fully saturated rings. The molecule has 2 amide bonds. The van der Waals surface area contributed by atoms with Gasteiger partial charge in [-0.05, 0) is 73.9 Å². The lowest BCUT2D eigenvalue weighted by Crippen LogP contribution is -2.56. The number of nitrogens with one attached hydrogen (secondary N) is 2. The molecule has 0 saturated heterocycles. The van der Waals surface area contributed by atoms with E-state index in [0.29, 0.717) is 24.2 Å². The number of carbonyl (C=O) groups excluding carboxylic acids is 3. The van der Waals surface area contributed by atoms with Crippen molar-refractivity contribution in [2.75, 3.05) is 13.7 Å².